The lowest BCUT2D eigenvalue weighted by atomic mass is 9.75. The van der Waals surface area contributed by atoms with Gasteiger partial charge in [0.2, 0.25) is 0 Å². The van der Waals surface area contributed by atoms with Gasteiger partial charge in [-0.25, -0.2) is 0 Å². The molecule has 3 atom stereocenters. The van der Waals surface area contributed by atoms with E-state index in [1.165, 1.54) is 12.8 Å². The molecule has 1 saturated carbocycles. The molecule has 1 N–H and O–H groups in total. The standard InChI is InChI=1S/C16H22Cl2O/c1-2-4-11-7-8-16(19)12(9-11)10-13-14(17)5-3-6-15(13)18/h3,5-6,11-12,16,19H,2,4,7-10H2,1H3. The highest BCUT2D eigenvalue weighted by molar-refractivity contribution is 6.35. The Labute approximate surface area is 125 Å². The maximum atomic E-state index is 10.2. The average Bonchev–Trinajstić information content (AvgIpc) is 2.38. The summed E-state index contributed by atoms with van der Waals surface area (Å²) in [7, 11) is 0. The summed E-state index contributed by atoms with van der Waals surface area (Å²) >= 11 is 12.5. The molecule has 1 aliphatic carbocycles. The van der Waals surface area contributed by atoms with Gasteiger partial charge in [-0.3, -0.25) is 0 Å². The maximum absolute atomic E-state index is 10.2. The number of aliphatic hydroxyl groups is 1. The Morgan fingerprint density at radius 2 is 1.89 bits per heavy atom. The highest BCUT2D eigenvalue weighted by atomic mass is 35.5. The second-order valence-corrected chi connectivity index (χ2v) is 6.51. The Kier molecular flexibility index (Phi) is 5.56. The summed E-state index contributed by atoms with van der Waals surface area (Å²) in [4.78, 5) is 0. The summed E-state index contributed by atoms with van der Waals surface area (Å²) in [6, 6.07) is 5.62. The van der Waals surface area contributed by atoms with Crippen LogP contribution in [-0.2, 0) is 6.42 Å². The van der Waals surface area contributed by atoms with E-state index in [0.29, 0.717) is 5.92 Å². The normalized spacial score (nSPS) is 27.5. The first kappa shape index (κ1) is 15.2. The first-order chi connectivity index (χ1) is 9.11. The third kappa shape index (κ3) is 3.87. The van der Waals surface area contributed by atoms with Gasteiger partial charge in [0.1, 0.15) is 0 Å². The van der Waals surface area contributed by atoms with Gasteiger partial charge in [-0.1, -0.05) is 49.0 Å². The minimum atomic E-state index is -0.208. The molecule has 0 aromatic heterocycles. The lowest BCUT2D eigenvalue weighted by molar-refractivity contribution is 0.0463. The molecule has 19 heavy (non-hydrogen) atoms. The van der Waals surface area contributed by atoms with E-state index in [4.69, 9.17) is 23.2 Å². The van der Waals surface area contributed by atoms with E-state index in [1.54, 1.807) is 0 Å². The zero-order chi connectivity index (χ0) is 13.8. The SMILES string of the molecule is CCCC1CCC(O)C(Cc2c(Cl)cccc2Cl)C1. The Bertz CT molecular complexity index is 399. The van der Waals surface area contributed by atoms with Gasteiger partial charge in [0.15, 0.2) is 0 Å². The highest BCUT2D eigenvalue weighted by Crippen LogP contribution is 2.36. The third-order valence-corrected chi connectivity index (χ3v) is 4.98. The lowest BCUT2D eigenvalue weighted by Gasteiger charge is -2.33. The molecule has 0 amide bonds. The molecule has 1 aromatic rings. The third-order valence-electron chi connectivity index (χ3n) is 4.28. The lowest BCUT2D eigenvalue weighted by Crippen LogP contribution is -2.30. The van der Waals surface area contributed by atoms with E-state index in [2.05, 4.69) is 6.92 Å². The largest absolute Gasteiger partial charge is 0.393 e. The van der Waals surface area contributed by atoms with E-state index >= 15 is 0 Å². The van der Waals surface area contributed by atoms with Gasteiger partial charge in [0.25, 0.3) is 0 Å². The predicted molar refractivity (Wildman–Crippen MR) is 81.9 cm³/mol. The van der Waals surface area contributed by atoms with Gasteiger partial charge in [-0.05, 0) is 55.2 Å². The van der Waals surface area contributed by atoms with Crippen LogP contribution in [0.2, 0.25) is 10.0 Å². The van der Waals surface area contributed by atoms with Crippen LogP contribution in [0.25, 0.3) is 0 Å². The summed E-state index contributed by atoms with van der Waals surface area (Å²) in [5, 5.41) is 11.7. The van der Waals surface area contributed by atoms with Crippen molar-refractivity contribution in [3.8, 4) is 0 Å². The Morgan fingerprint density at radius 3 is 2.53 bits per heavy atom. The first-order valence-electron chi connectivity index (χ1n) is 7.22. The minimum absolute atomic E-state index is 0.208. The van der Waals surface area contributed by atoms with Crippen LogP contribution in [-0.4, -0.2) is 11.2 Å². The zero-order valence-corrected chi connectivity index (χ0v) is 12.9. The van der Waals surface area contributed by atoms with Crippen LogP contribution in [0.15, 0.2) is 18.2 Å². The molecule has 0 radical (unpaired) electrons. The molecule has 1 aromatic carbocycles. The molecule has 1 fully saturated rings. The molecule has 0 spiro atoms. The van der Waals surface area contributed by atoms with E-state index in [1.807, 2.05) is 18.2 Å². The minimum Gasteiger partial charge on any atom is -0.393 e. The van der Waals surface area contributed by atoms with Crippen molar-refractivity contribution < 1.29 is 5.11 Å². The molecule has 3 unspecified atom stereocenters. The summed E-state index contributed by atoms with van der Waals surface area (Å²) < 4.78 is 0. The predicted octanol–water partition coefficient (Wildman–Crippen LogP) is 5.11. The van der Waals surface area contributed by atoms with Crippen LogP contribution in [0.5, 0.6) is 0 Å². The molecular formula is C16H22Cl2O. The van der Waals surface area contributed by atoms with Gasteiger partial charge in [-0.15, -0.1) is 0 Å². The summed E-state index contributed by atoms with van der Waals surface area (Å²) in [6.45, 7) is 2.23. The van der Waals surface area contributed by atoms with Crippen LogP contribution in [0.4, 0.5) is 0 Å². The molecule has 2 rings (SSSR count). The smallest absolute Gasteiger partial charge is 0.0571 e. The van der Waals surface area contributed by atoms with Gasteiger partial charge in [-0.2, -0.15) is 0 Å². The van der Waals surface area contributed by atoms with Crippen LogP contribution < -0.4 is 0 Å². The van der Waals surface area contributed by atoms with Crippen molar-refractivity contribution in [2.24, 2.45) is 11.8 Å². The summed E-state index contributed by atoms with van der Waals surface area (Å²) in [5.74, 6) is 1.04. The van der Waals surface area contributed by atoms with Crippen molar-refractivity contribution in [3.05, 3.63) is 33.8 Å². The second-order valence-electron chi connectivity index (χ2n) is 5.70. The fraction of sp³-hybridized carbons (Fsp3) is 0.625. The highest BCUT2D eigenvalue weighted by Gasteiger charge is 2.29. The maximum Gasteiger partial charge on any atom is 0.0571 e. The van der Waals surface area contributed by atoms with E-state index < -0.39 is 0 Å². The van der Waals surface area contributed by atoms with Crippen molar-refractivity contribution in [1.29, 1.82) is 0 Å². The number of halogens is 2. The van der Waals surface area contributed by atoms with E-state index in [9.17, 15) is 5.11 Å². The monoisotopic (exact) mass is 300 g/mol. The molecule has 0 heterocycles. The van der Waals surface area contributed by atoms with Crippen molar-refractivity contribution in [2.75, 3.05) is 0 Å². The molecule has 0 aliphatic heterocycles. The fourth-order valence-electron chi connectivity index (χ4n) is 3.22. The number of aliphatic hydroxyl groups excluding tert-OH is 1. The van der Waals surface area contributed by atoms with Crippen molar-refractivity contribution in [1.82, 2.24) is 0 Å². The molecule has 106 valence electrons. The molecule has 1 aliphatic rings. The van der Waals surface area contributed by atoms with Gasteiger partial charge in [0, 0.05) is 10.0 Å². The summed E-state index contributed by atoms with van der Waals surface area (Å²) in [6.07, 6.45) is 6.23. The van der Waals surface area contributed by atoms with Crippen LogP contribution in [0.1, 0.15) is 44.6 Å². The number of rotatable bonds is 4. The van der Waals surface area contributed by atoms with E-state index in [0.717, 1.165) is 47.2 Å². The Hall–Kier alpha value is -0.240. The average molecular weight is 301 g/mol. The zero-order valence-electron chi connectivity index (χ0n) is 11.4. The molecule has 0 bridgehead atoms. The van der Waals surface area contributed by atoms with Crippen molar-refractivity contribution in [2.45, 2.75) is 51.6 Å². The van der Waals surface area contributed by atoms with Crippen LogP contribution in [0.3, 0.4) is 0 Å². The molecule has 1 nitrogen and oxygen atoms in total. The van der Waals surface area contributed by atoms with Crippen molar-refractivity contribution >= 4 is 23.2 Å². The first-order valence-corrected chi connectivity index (χ1v) is 7.98. The number of hydrogen-bond acceptors (Lipinski definition) is 1. The Balaban J connectivity index is 2.08. The fourth-order valence-corrected chi connectivity index (χ4v) is 3.78. The van der Waals surface area contributed by atoms with Gasteiger partial charge in [0.05, 0.1) is 6.10 Å². The van der Waals surface area contributed by atoms with Gasteiger partial charge >= 0.3 is 0 Å². The van der Waals surface area contributed by atoms with Crippen molar-refractivity contribution in [3.63, 3.8) is 0 Å². The Morgan fingerprint density at radius 1 is 1.21 bits per heavy atom. The number of hydrogen-bond donors (Lipinski definition) is 1. The topological polar surface area (TPSA) is 20.2 Å². The molecular weight excluding hydrogens is 279 g/mol. The molecule has 0 saturated heterocycles. The number of benzene rings is 1. The quantitative estimate of drug-likeness (QED) is 0.819. The van der Waals surface area contributed by atoms with Crippen LogP contribution in [0, 0.1) is 11.8 Å². The van der Waals surface area contributed by atoms with Crippen LogP contribution >= 0.6 is 23.2 Å². The van der Waals surface area contributed by atoms with E-state index in [-0.39, 0.29) is 6.10 Å². The van der Waals surface area contributed by atoms with Gasteiger partial charge < -0.3 is 5.11 Å². The second kappa shape index (κ2) is 6.97. The molecule has 3 heteroatoms. The summed E-state index contributed by atoms with van der Waals surface area (Å²) in [5.41, 5.74) is 0.993.